The maximum Gasteiger partial charge on any atom is 0.260 e. The summed E-state index contributed by atoms with van der Waals surface area (Å²) < 4.78 is 19.2. The van der Waals surface area contributed by atoms with E-state index in [1.54, 1.807) is 17.0 Å². The lowest BCUT2D eigenvalue weighted by atomic mass is 10.1. The van der Waals surface area contributed by atoms with Gasteiger partial charge in [-0.25, -0.2) is 14.4 Å². The summed E-state index contributed by atoms with van der Waals surface area (Å²) in [7, 11) is 0. The van der Waals surface area contributed by atoms with Crippen LogP contribution in [-0.2, 0) is 4.79 Å². The molecule has 1 aliphatic heterocycles. The zero-order valence-corrected chi connectivity index (χ0v) is 20.5. The van der Waals surface area contributed by atoms with Gasteiger partial charge in [-0.05, 0) is 59.3 Å². The number of nitrogens with two attached hydrogens (primary N) is 1. The number of aromatic nitrogens is 3. The van der Waals surface area contributed by atoms with Gasteiger partial charge in [0.1, 0.15) is 17.1 Å². The first-order valence-electron chi connectivity index (χ1n) is 12.4. The third-order valence-corrected chi connectivity index (χ3v) is 6.70. The van der Waals surface area contributed by atoms with Crippen molar-refractivity contribution in [1.82, 2.24) is 19.9 Å². The van der Waals surface area contributed by atoms with Crippen LogP contribution in [0, 0.1) is 5.82 Å². The number of hydrogen-bond acceptors (Lipinski definition) is 7. The average Bonchev–Trinajstić information content (AvgIpc) is 2.95. The molecule has 1 fully saturated rings. The number of halogens is 1. The molecule has 3 heterocycles. The number of hydrogen-bond donors (Lipinski definition) is 1. The van der Waals surface area contributed by atoms with Crippen molar-refractivity contribution in [3.05, 3.63) is 84.7 Å². The lowest BCUT2D eigenvalue weighted by molar-refractivity contribution is -0.133. The van der Waals surface area contributed by atoms with Crippen LogP contribution in [0.5, 0.6) is 5.75 Å². The smallest absolute Gasteiger partial charge is 0.260 e. The van der Waals surface area contributed by atoms with Crippen molar-refractivity contribution >= 4 is 39.5 Å². The number of nitrogens with zero attached hydrogens (tertiary/aromatic N) is 5. The van der Waals surface area contributed by atoms with Crippen molar-refractivity contribution in [3.63, 3.8) is 0 Å². The number of nitrogen functional groups attached to an aromatic ring is 1. The number of amides is 1. The Kier molecular flexibility index (Phi) is 6.17. The lowest BCUT2D eigenvalue weighted by Gasteiger charge is -2.35. The van der Waals surface area contributed by atoms with Crippen LogP contribution < -0.4 is 15.4 Å². The number of benzene rings is 3. The van der Waals surface area contributed by atoms with Crippen LogP contribution >= 0.6 is 0 Å². The zero-order valence-electron chi connectivity index (χ0n) is 20.5. The second-order valence-electron chi connectivity index (χ2n) is 9.14. The molecule has 1 saturated heterocycles. The van der Waals surface area contributed by atoms with Crippen molar-refractivity contribution in [2.75, 3.05) is 43.4 Å². The Morgan fingerprint density at radius 2 is 1.63 bits per heavy atom. The predicted octanol–water partition coefficient (Wildman–Crippen LogP) is 4.29. The van der Waals surface area contributed by atoms with Gasteiger partial charge in [-0.15, -0.1) is 0 Å². The monoisotopic (exact) mass is 508 g/mol. The fourth-order valence-electron chi connectivity index (χ4n) is 4.68. The number of anilines is 2. The summed E-state index contributed by atoms with van der Waals surface area (Å²) in [5.41, 5.74) is 8.72. The Balaban J connectivity index is 1.15. The van der Waals surface area contributed by atoms with Crippen molar-refractivity contribution in [1.29, 1.82) is 0 Å². The van der Waals surface area contributed by atoms with Gasteiger partial charge in [-0.3, -0.25) is 4.79 Å². The summed E-state index contributed by atoms with van der Waals surface area (Å²) in [5.74, 6) is 1.08. The van der Waals surface area contributed by atoms with Gasteiger partial charge in [0, 0.05) is 31.7 Å². The summed E-state index contributed by atoms with van der Waals surface area (Å²) in [4.78, 5) is 30.3. The Morgan fingerprint density at radius 1 is 0.868 bits per heavy atom. The molecular formula is C29H25FN6O2. The minimum absolute atomic E-state index is 0.0235. The van der Waals surface area contributed by atoms with Crippen LogP contribution in [0.3, 0.4) is 0 Å². The quantitative estimate of drug-likeness (QED) is 0.378. The molecular weight excluding hydrogens is 483 g/mol. The molecule has 2 N–H and O–H groups in total. The van der Waals surface area contributed by atoms with E-state index in [1.165, 1.54) is 12.1 Å². The van der Waals surface area contributed by atoms with Crippen LogP contribution in [0.2, 0.25) is 0 Å². The van der Waals surface area contributed by atoms with Crippen molar-refractivity contribution in [3.8, 4) is 17.0 Å². The normalized spacial score (nSPS) is 13.7. The summed E-state index contributed by atoms with van der Waals surface area (Å²) in [6.07, 6.45) is 0. The van der Waals surface area contributed by atoms with E-state index in [2.05, 4.69) is 14.9 Å². The zero-order chi connectivity index (χ0) is 26.1. The molecule has 1 aliphatic rings. The van der Waals surface area contributed by atoms with E-state index < -0.39 is 0 Å². The number of carbonyl (C=O) groups is 1. The number of pyridine rings is 1. The van der Waals surface area contributed by atoms with Crippen molar-refractivity contribution < 1.29 is 13.9 Å². The summed E-state index contributed by atoms with van der Waals surface area (Å²) >= 11 is 0. The van der Waals surface area contributed by atoms with Crippen LogP contribution in [0.25, 0.3) is 33.1 Å². The van der Waals surface area contributed by atoms with Crippen molar-refractivity contribution in [2.24, 2.45) is 0 Å². The van der Waals surface area contributed by atoms with E-state index in [-0.39, 0.29) is 24.3 Å². The van der Waals surface area contributed by atoms with E-state index in [9.17, 15) is 9.18 Å². The second kappa shape index (κ2) is 9.93. The molecule has 0 bridgehead atoms. The molecule has 0 radical (unpaired) electrons. The predicted molar refractivity (Wildman–Crippen MR) is 145 cm³/mol. The largest absolute Gasteiger partial charge is 0.484 e. The van der Waals surface area contributed by atoms with Crippen LogP contribution in [0.4, 0.5) is 16.2 Å². The molecule has 1 amide bonds. The molecule has 0 unspecified atom stereocenters. The number of fused-ring (bicyclic) bond motifs is 2. The maximum atomic E-state index is 13.4. The van der Waals surface area contributed by atoms with Gasteiger partial charge in [0.2, 0.25) is 5.95 Å². The standard InChI is InChI=1S/C29H25FN6O2/c30-22-8-5-20(6-9-22)24-11-12-25-27(32-24)28(34-29(31)33-25)36-15-13-35(14-16-36)26(37)18-38-23-10-7-19-3-1-2-4-21(19)17-23/h1-12,17H,13-16,18H2,(H2,31,33,34). The minimum atomic E-state index is -0.304. The van der Waals surface area contributed by atoms with Gasteiger partial charge in [0.25, 0.3) is 5.91 Å². The van der Waals surface area contributed by atoms with E-state index >= 15 is 0 Å². The Morgan fingerprint density at radius 3 is 2.42 bits per heavy atom. The first-order chi connectivity index (χ1) is 18.5. The number of rotatable bonds is 5. The maximum absolute atomic E-state index is 13.4. The van der Waals surface area contributed by atoms with Crippen LogP contribution in [0.15, 0.2) is 78.9 Å². The van der Waals surface area contributed by atoms with Gasteiger partial charge >= 0.3 is 0 Å². The second-order valence-corrected chi connectivity index (χ2v) is 9.14. The van der Waals surface area contributed by atoms with Gasteiger partial charge in [-0.2, -0.15) is 4.98 Å². The third-order valence-electron chi connectivity index (χ3n) is 6.70. The highest BCUT2D eigenvalue weighted by Gasteiger charge is 2.24. The molecule has 2 aromatic heterocycles. The minimum Gasteiger partial charge on any atom is -0.484 e. The molecule has 0 spiro atoms. The Labute approximate surface area is 218 Å². The van der Waals surface area contributed by atoms with Gasteiger partial charge < -0.3 is 20.3 Å². The fraction of sp³-hybridized carbons (Fsp3) is 0.172. The topological polar surface area (TPSA) is 97.5 Å². The Bertz CT molecular complexity index is 1630. The fourth-order valence-corrected chi connectivity index (χ4v) is 4.68. The molecule has 9 heteroatoms. The van der Waals surface area contributed by atoms with Gasteiger partial charge in [0.05, 0.1) is 11.2 Å². The Hall–Kier alpha value is -4.79. The van der Waals surface area contributed by atoms with Crippen LogP contribution in [-0.4, -0.2) is 58.5 Å². The molecule has 5 aromatic rings. The number of carbonyl (C=O) groups excluding carboxylic acids is 1. The SMILES string of the molecule is Nc1nc(N2CCN(C(=O)COc3ccc4ccccc4c3)CC2)c2nc(-c3ccc(F)cc3)ccc2n1. The van der Waals surface area contributed by atoms with Gasteiger partial charge in [-0.1, -0.05) is 30.3 Å². The lowest BCUT2D eigenvalue weighted by Crippen LogP contribution is -2.50. The van der Waals surface area contributed by atoms with E-state index in [1.807, 2.05) is 54.6 Å². The number of ether oxygens (including phenoxy) is 1. The summed E-state index contributed by atoms with van der Waals surface area (Å²) in [6, 6.07) is 23.7. The van der Waals surface area contributed by atoms with Gasteiger partial charge in [0.15, 0.2) is 12.4 Å². The molecule has 3 aromatic carbocycles. The average molecular weight is 509 g/mol. The first-order valence-corrected chi connectivity index (χ1v) is 12.4. The summed E-state index contributed by atoms with van der Waals surface area (Å²) in [5, 5.41) is 2.19. The molecule has 6 rings (SSSR count). The van der Waals surface area contributed by atoms with E-state index in [0.717, 1.165) is 16.3 Å². The molecule has 190 valence electrons. The highest BCUT2D eigenvalue weighted by molar-refractivity contribution is 5.89. The highest BCUT2D eigenvalue weighted by Crippen LogP contribution is 2.28. The molecule has 38 heavy (non-hydrogen) atoms. The molecule has 0 saturated carbocycles. The molecule has 0 atom stereocenters. The molecule has 0 aliphatic carbocycles. The first kappa shape index (κ1) is 23.6. The summed E-state index contributed by atoms with van der Waals surface area (Å²) in [6.45, 7) is 2.14. The third kappa shape index (κ3) is 4.78. The van der Waals surface area contributed by atoms with E-state index in [0.29, 0.717) is 54.5 Å². The number of piperazine rings is 1. The van der Waals surface area contributed by atoms with E-state index in [4.69, 9.17) is 15.5 Å². The molecule has 8 nitrogen and oxygen atoms in total. The van der Waals surface area contributed by atoms with Crippen LogP contribution in [0.1, 0.15) is 0 Å². The van der Waals surface area contributed by atoms with Crippen molar-refractivity contribution in [2.45, 2.75) is 0 Å². The highest BCUT2D eigenvalue weighted by atomic mass is 19.1.